The van der Waals surface area contributed by atoms with Gasteiger partial charge in [0.25, 0.3) is 0 Å². The highest BCUT2D eigenvalue weighted by molar-refractivity contribution is 7.98. The van der Waals surface area contributed by atoms with Crippen molar-refractivity contribution in [2.45, 2.75) is 22.6 Å². The first-order valence-electron chi connectivity index (χ1n) is 9.81. The van der Waals surface area contributed by atoms with Gasteiger partial charge < -0.3 is 4.42 Å². The number of rotatable bonds is 6. The number of thioether (sulfide) groups is 1. The molecule has 0 bridgehead atoms. The van der Waals surface area contributed by atoms with Crippen molar-refractivity contribution < 1.29 is 17.6 Å². The third kappa shape index (κ3) is 4.81. The number of anilines is 1. The maximum absolute atomic E-state index is 12.9. The van der Waals surface area contributed by atoms with E-state index in [4.69, 9.17) is 4.42 Å². The quantitative estimate of drug-likeness (QED) is 0.564. The summed E-state index contributed by atoms with van der Waals surface area (Å²) in [7, 11) is -3.57. The number of amides is 1. The van der Waals surface area contributed by atoms with E-state index in [1.54, 1.807) is 36.0 Å². The average Bonchev–Trinajstić information content (AvgIpc) is 3.28. The lowest BCUT2D eigenvalue weighted by Crippen LogP contribution is -2.41. The minimum atomic E-state index is -3.57. The van der Waals surface area contributed by atoms with Crippen LogP contribution in [0.4, 0.5) is 6.01 Å². The Bertz CT molecular complexity index is 1140. The Balaban J connectivity index is 1.35. The van der Waals surface area contributed by atoms with Gasteiger partial charge in [-0.3, -0.25) is 10.1 Å². The Morgan fingerprint density at radius 1 is 1.06 bits per heavy atom. The van der Waals surface area contributed by atoms with E-state index < -0.39 is 10.0 Å². The van der Waals surface area contributed by atoms with E-state index in [1.807, 2.05) is 36.6 Å². The fourth-order valence-corrected chi connectivity index (χ4v) is 5.31. The molecule has 31 heavy (non-hydrogen) atoms. The molecule has 1 aliphatic rings. The molecule has 1 amide bonds. The molecule has 1 fully saturated rings. The molecule has 1 aromatic heterocycles. The van der Waals surface area contributed by atoms with Gasteiger partial charge in [-0.05, 0) is 55.5 Å². The van der Waals surface area contributed by atoms with Crippen LogP contribution < -0.4 is 5.32 Å². The van der Waals surface area contributed by atoms with Crippen LogP contribution in [-0.4, -0.2) is 48.2 Å². The maximum Gasteiger partial charge on any atom is 0.322 e. The van der Waals surface area contributed by atoms with Gasteiger partial charge in [0.1, 0.15) is 0 Å². The second-order valence-corrected chi connectivity index (χ2v) is 9.94. The van der Waals surface area contributed by atoms with E-state index in [9.17, 15) is 13.2 Å². The normalized spacial score (nSPS) is 15.6. The third-order valence-corrected chi connectivity index (χ3v) is 7.85. The second kappa shape index (κ2) is 9.21. The van der Waals surface area contributed by atoms with Crippen molar-refractivity contribution in [3.63, 3.8) is 0 Å². The first-order valence-corrected chi connectivity index (χ1v) is 12.5. The standard InChI is InChI=1S/C21H22N4O4S2/c1-30-17-7-9-18(10-8-17)31(27,28)25-13-11-15(12-14-25)19(26)22-21-24-23-20(29-21)16-5-3-2-4-6-16/h2-10,15H,11-14H2,1H3,(H,22,24,26). The lowest BCUT2D eigenvalue weighted by atomic mass is 9.97. The molecular formula is C21H22N4O4S2. The summed E-state index contributed by atoms with van der Waals surface area (Å²) < 4.78 is 32.7. The highest BCUT2D eigenvalue weighted by Gasteiger charge is 2.32. The van der Waals surface area contributed by atoms with Crippen molar-refractivity contribution >= 4 is 33.7 Å². The molecule has 1 N–H and O–H groups in total. The summed E-state index contributed by atoms with van der Waals surface area (Å²) in [6.45, 7) is 0.563. The van der Waals surface area contributed by atoms with E-state index in [0.29, 0.717) is 18.7 Å². The molecule has 0 aliphatic carbocycles. The molecule has 10 heteroatoms. The predicted octanol–water partition coefficient (Wildman–Crippen LogP) is 3.50. The molecular weight excluding hydrogens is 436 g/mol. The SMILES string of the molecule is CSc1ccc(S(=O)(=O)N2CCC(C(=O)Nc3nnc(-c4ccccc4)o3)CC2)cc1. The van der Waals surface area contributed by atoms with Gasteiger partial charge in [0, 0.05) is 29.5 Å². The zero-order valence-electron chi connectivity index (χ0n) is 16.9. The number of benzene rings is 2. The Hall–Kier alpha value is -2.69. The molecule has 0 radical (unpaired) electrons. The number of nitrogens with zero attached hydrogens (tertiary/aromatic N) is 3. The summed E-state index contributed by atoms with van der Waals surface area (Å²) in [5, 5.41) is 10.5. The van der Waals surface area contributed by atoms with Gasteiger partial charge in [-0.1, -0.05) is 23.3 Å². The fraction of sp³-hybridized carbons (Fsp3) is 0.286. The van der Waals surface area contributed by atoms with Gasteiger partial charge in [-0.2, -0.15) is 4.31 Å². The minimum Gasteiger partial charge on any atom is -0.403 e. The van der Waals surface area contributed by atoms with Crippen molar-refractivity contribution in [2.24, 2.45) is 5.92 Å². The highest BCUT2D eigenvalue weighted by atomic mass is 32.2. The van der Waals surface area contributed by atoms with Crippen LogP contribution in [0.25, 0.3) is 11.5 Å². The largest absolute Gasteiger partial charge is 0.403 e. The average molecular weight is 459 g/mol. The molecule has 1 aliphatic heterocycles. The van der Waals surface area contributed by atoms with Crippen LogP contribution in [0.1, 0.15) is 12.8 Å². The van der Waals surface area contributed by atoms with E-state index in [0.717, 1.165) is 10.5 Å². The molecule has 162 valence electrons. The van der Waals surface area contributed by atoms with Crippen LogP contribution >= 0.6 is 11.8 Å². The molecule has 4 rings (SSSR count). The summed E-state index contributed by atoms with van der Waals surface area (Å²) in [4.78, 5) is 13.9. The number of hydrogen-bond donors (Lipinski definition) is 1. The minimum absolute atomic E-state index is 0.0350. The molecule has 0 spiro atoms. The topological polar surface area (TPSA) is 105 Å². The summed E-state index contributed by atoms with van der Waals surface area (Å²) in [6, 6.07) is 16.2. The Morgan fingerprint density at radius 2 is 1.74 bits per heavy atom. The van der Waals surface area contributed by atoms with Crippen LogP contribution in [0.2, 0.25) is 0 Å². The van der Waals surface area contributed by atoms with E-state index in [2.05, 4.69) is 15.5 Å². The zero-order chi connectivity index (χ0) is 21.8. The summed E-state index contributed by atoms with van der Waals surface area (Å²) in [5.74, 6) is -0.244. The molecule has 3 aromatic rings. The molecule has 0 unspecified atom stereocenters. The lowest BCUT2D eigenvalue weighted by molar-refractivity contribution is -0.121. The van der Waals surface area contributed by atoms with Gasteiger partial charge in [-0.25, -0.2) is 8.42 Å². The van der Waals surface area contributed by atoms with Gasteiger partial charge >= 0.3 is 6.01 Å². The molecule has 1 saturated heterocycles. The van der Waals surface area contributed by atoms with E-state index in [1.165, 1.54) is 4.31 Å². The monoisotopic (exact) mass is 458 g/mol. The van der Waals surface area contributed by atoms with E-state index in [-0.39, 0.29) is 35.8 Å². The van der Waals surface area contributed by atoms with Crippen LogP contribution in [0.3, 0.4) is 0 Å². The van der Waals surface area contributed by atoms with Crippen molar-refractivity contribution in [3.05, 3.63) is 54.6 Å². The highest BCUT2D eigenvalue weighted by Crippen LogP contribution is 2.26. The maximum atomic E-state index is 12.9. The molecule has 0 saturated carbocycles. The summed E-state index contributed by atoms with van der Waals surface area (Å²) in [5.41, 5.74) is 0.763. The van der Waals surface area contributed by atoms with Crippen molar-refractivity contribution in [1.82, 2.24) is 14.5 Å². The van der Waals surface area contributed by atoms with Gasteiger partial charge in [0.15, 0.2) is 0 Å². The van der Waals surface area contributed by atoms with Gasteiger partial charge in [0.2, 0.25) is 21.8 Å². The van der Waals surface area contributed by atoms with E-state index >= 15 is 0 Å². The number of carbonyl (C=O) groups is 1. The Labute approximate surface area is 185 Å². The van der Waals surface area contributed by atoms with Gasteiger partial charge in [-0.15, -0.1) is 16.9 Å². The predicted molar refractivity (Wildman–Crippen MR) is 118 cm³/mol. The first-order chi connectivity index (χ1) is 15.0. The number of piperidine rings is 1. The summed E-state index contributed by atoms with van der Waals surface area (Å²) >= 11 is 1.56. The molecule has 2 aromatic carbocycles. The number of sulfonamides is 1. The second-order valence-electron chi connectivity index (χ2n) is 7.12. The van der Waals surface area contributed by atoms with Crippen molar-refractivity contribution in [2.75, 3.05) is 24.7 Å². The summed E-state index contributed by atoms with van der Waals surface area (Å²) in [6.07, 6.45) is 2.79. The number of carbonyl (C=O) groups excluding carboxylic acids is 1. The molecule has 8 nitrogen and oxygen atoms in total. The van der Waals surface area contributed by atoms with Crippen LogP contribution in [0.15, 0.2) is 68.8 Å². The smallest absolute Gasteiger partial charge is 0.322 e. The van der Waals surface area contributed by atoms with Crippen molar-refractivity contribution in [1.29, 1.82) is 0 Å². The lowest BCUT2D eigenvalue weighted by Gasteiger charge is -2.30. The number of nitrogens with one attached hydrogen (secondary N) is 1. The van der Waals surface area contributed by atoms with Crippen LogP contribution in [0.5, 0.6) is 0 Å². The fourth-order valence-electron chi connectivity index (χ4n) is 3.43. The molecule has 2 heterocycles. The number of aromatic nitrogens is 2. The Kier molecular flexibility index (Phi) is 6.40. The number of hydrogen-bond acceptors (Lipinski definition) is 7. The van der Waals surface area contributed by atoms with Crippen LogP contribution in [-0.2, 0) is 14.8 Å². The third-order valence-electron chi connectivity index (χ3n) is 5.20. The Morgan fingerprint density at radius 3 is 2.39 bits per heavy atom. The zero-order valence-corrected chi connectivity index (χ0v) is 18.5. The van der Waals surface area contributed by atoms with Crippen molar-refractivity contribution in [3.8, 4) is 11.5 Å². The first kappa shape index (κ1) is 21.5. The van der Waals surface area contributed by atoms with Gasteiger partial charge in [0.05, 0.1) is 4.90 Å². The van der Waals surface area contributed by atoms with Crippen LogP contribution in [0, 0.1) is 5.92 Å². The molecule has 0 atom stereocenters.